The SMILES string of the molecule is CC(C)(C)OC(=O)NCc1ccc(Oc2ccc3c(c2)CC[C@H]3C2SC(=O)NC2=O)cc1. The van der Waals surface area contributed by atoms with Gasteiger partial charge in [-0.05, 0) is 74.6 Å². The molecule has 2 aliphatic rings. The number of fused-ring (bicyclic) bond motifs is 1. The second-order valence-corrected chi connectivity index (χ2v) is 10.0. The first kappa shape index (κ1) is 22.2. The van der Waals surface area contributed by atoms with Gasteiger partial charge in [-0.2, -0.15) is 0 Å². The summed E-state index contributed by atoms with van der Waals surface area (Å²) in [5, 5.41) is 4.50. The van der Waals surface area contributed by atoms with E-state index in [9.17, 15) is 14.4 Å². The molecule has 1 saturated heterocycles. The number of benzene rings is 2. The Bertz CT molecular complexity index is 1050. The first-order valence-corrected chi connectivity index (χ1v) is 11.4. The largest absolute Gasteiger partial charge is 0.457 e. The van der Waals surface area contributed by atoms with E-state index >= 15 is 0 Å². The number of ether oxygens (including phenoxy) is 2. The van der Waals surface area contributed by atoms with Crippen molar-refractivity contribution in [1.29, 1.82) is 0 Å². The maximum atomic E-state index is 12.1. The Morgan fingerprint density at radius 3 is 2.50 bits per heavy atom. The molecule has 0 spiro atoms. The summed E-state index contributed by atoms with van der Waals surface area (Å²) in [6.45, 7) is 5.83. The molecule has 2 aromatic rings. The highest BCUT2D eigenvalue weighted by atomic mass is 32.2. The van der Waals surface area contributed by atoms with Gasteiger partial charge in [-0.15, -0.1) is 0 Å². The highest BCUT2D eigenvalue weighted by molar-refractivity contribution is 8.15. The molecule has 2 aromatic carbocycles. The lowest BCUT2D eigenvalue weighted by Gasteiger charge is -2.19. The van der Waals surface area contributed by atoms with Crippen molar-refractivity contribution in [3.63, 3.8) is 0 Å². The third-order valence-corrected chi connectivity index (χ3v) is 6.43. The van der Waals surface area contributed by atoms with E-state index in [1.807, 2.05) is 63.2 Å². The van der Waals surface area contributed by atoms with Crippen LogP contribution in [0.4, 0.5) is 9.59 Å². The minimum absolute atomic E-state index is 0.0484. The Hall–Kier alpha value is -3.00. The van der Waals surface area contributed by atoms with Gasteiger partial charge >= 0.3 is 6.09 Å². The molecule has 7 nitrogen and oxygen atoms in total. The zero-order valence-corrected chi connectivity index (χ0v) is 19.1. The molecule has 0 aromatic heterocycles. The lowest BCUT2D eigenvalue weighted by molar-refractivity contribution is -0.119. The van der Waals surface area contributed by atoms with Crippen molar-refractivity contribution in [2.45, 2.75) is 56.9 Å². The lowest BCUT2D eigenvalue weighted by Crippen LogP contribution is -2.32. The number of carbonyl (C=O) groups is 3. The molecule has 0 radical (unpaired) electrons. The molecule has 2 atom stereocenters. The van der Waals surface area contributed by atoms with Crippen molar-refractivity contribution < 1.29 is 23.9 Å². The number of nitrogens with one attached hydrogen (secondary N) is 2. The zero-order valence-electron chi connectivity index (χ0n) is 18.3. The van der Waals surface area contributed by atoms with Crippen LogP contribution in [0.2, 0.25) is 0 Å². The number of alkyl carbamates (subject to hydrolysis) is 1. The molecule has 0 saturated carbocycles. The average Bonchev–Trinajstić information content (AvgIpc) is 3.27. The van der Waals surface area contributed by atoms with Gasteiger partial charge in [-0.3, -0.25) is 14.9 Å². The van der Waals surface area contributed by atoms with Gasteiger partial charge in [0.1, 0.15) is 22.4 Å². The topological polar surface area (TPSA) is 93.7 Å². The summed E-state index contributed by atoms with van der Waals surface area (Å²) in [5.74, 6) is 1.27. The van der Waals surface area contributed by atoms with Crippen LogP contribution in [0.25, 0.3) is 0 Å². The Morgan fingerprint density at radius 2 is 1.84 bits per heavy atom. The minimum atomic E-state index is -0.530. The summed E-state index contributed by atoms with van der Waals surface area (Å²) in [4.78, 5) is 35.4. The zero-order chi connectivity index (χ0) is 22.9. The average molecular weight is 455 g/mol. The van der Waals surface area contributed by atoms with E-state index in [1.54, 1.807) is 0 Å². The maximum absolute atomic E-state index is 12.1. The van der Waals surface area contributed by atoms with Gasteiger partial charge in [-0.25, -0.2) is 4.79 Å². The molecule has 32 heavy (non-hydrogen) atoms. The van der Waals surface area contributed by atoms with Gasteiger partial charge in [0.2, 0.25) is 5.91 Å². The summed E-state index contributed by atoms with van der Waals surface area (Å²) in [5.41, 5.74) is 2.67. The summed E-state index contributed by atoms with van der Waals surface area (Å²) in [7, 11) is 0. The van der Waals surface area contributed by atoms with E-state index in [0.29, 0.717) is 12.3 Å². The fourth-order valence-electron chi connectivity index (χ4n) is 3.94. The molecule has 1 aliphatic heterocycles. The van der Waals surface area contributed by atoms with Crippen LogP contribution < -0.4 is 15.4 Å². The van der Waals surface area contributed by atoms with Crippen LogP contribution in [0.15, 0.2) is 42.5 Å². The molecule has 3 amide bonds. The maximum Gasteiger partial charge on any atom is 0.407 e. The van der Waals surface area contributed by atoms with Gasteiger partial charge in [0.15, 0.2) is 0 Å². The normalized spacial score (nSPS) is 20.0. The summed E-state index contributed by atoms with van der Waals surface area (Å²) in [6.07, 6.45) is 1.24. The number of amides is 3. The number of hydrogen-bond acceptors (Lipinski definition) is 6. The van der Waals surface area contributed by atoms with Crippen LogP contribution in [0.1, 0.15) is 49.8 Å². The van der Waals surface area contributed by atoms with Crippen molar-refractivity contribution >= 4 is 29.0 Å². The summed E-state index contributed by atoms with van der Waals surface area (Å²) < 4.78 is 11.2. The quantitative estimate of drug-likeness (QED) is 0.668. The predicted molar refractivity (Wildman–Crippen MR) is 122 cm³/mol. The van der Waals surface area contributed by atoms with Gasteiger partial charge < -0.3 is 14.8 Å². The third kappa shape index (κ3) is 5.24. The van der Waals surface area contributed by atoms with Gasteiger partial charge in [-0.1, -0.05) is 30.0 Å². The number of aryl methyl sites for hydroxylation is 1. The fourth-order valence-corrected chi connectivity index (χ4v) is 4.94. The van der Waals surface area contributed by atoms with Crippen molar-refractivity contribution in [2.24, 2.45) is 0 Å². The molecule has 168 valence electrons. The van der Waals surface area contributed by atoms with E-state index in [4.69, 9.17) is 9.47 Å². The molecule has 8 heteroatoms. The monoisotopic (exact) mass is 454 g/mol. The minimum Gasteiger partial charge on any atom is -0.457 e. The summed E-state index contributed by atoms with van der Waals surface area (Å²) in [6, 6.07) is 13.4. The Morgan fingerprint density at radius 1 is 1.12 bits per heavy atom. The summed E-state index contributed by atoms with van der Waals surface area (Å²) >= 11 is 1.09. The van der Waals surface area contributed by atoms with E-state index in [1.165, 1.54) is 0 Å². The Labute approximate surface area is 191 Å². The molecule has 0 bridgehead atoms. The fraction of sp³-hybridized carbons (Fsp3) is 0.375. The molecular weight excluding hydrogens is 428 g/mol. The third-order valence-electron chi connectivity index (χ3n) is 5.32. The van der Waals surface area contributed by atoms with Crippen LogP contribution >= 0.6 is 11.8 Å². The highest BCUT2D eigenvalue weighted by Crippen LogP contribution is 2.43. The molecule has 2 N–H and O–H groups in total. The predicted octanol–water partition coefficient (Wildman–Crippen LogP) is 4.89. The molecular formula is C24H26N2O5S. The lowest BCUT2D eigenvalue weighted by atomic mass is 9.97. The smallest absolute Gasteiger partial charge is 0.407 e. The molecule has 1 aliphatic carbocycles. The highest BCUT2D eigenvalue weighted by Gasteiger charge is 2.41. The number of carbonyl (C=O) groups excluding carboxylic acids is 3. The van der Waals surface area contributed by atoms with E-state index < -0.39 is 11.7 Å². The van der Waals surface area contributed by atoms with Crippen LogP contribution in [0.5, 0.6) is 11.5 Å². The van der Waals surface area contributed by atoms with Crippen molar-refractivity contribution in [3.05, 3.63) is 59.2 Å². The second-order valence-electron chi connectivity index (χ2n) is 8.92. The Kier molecular flexibility index (Phi) is 6.15. The van der Waals surface area contributed by atoms with Gasteiger partial charge in [0.25, 0.3) is 5.24 Å². The van der Waals surface area contributed by atoms with E-state index in [-0.39, 0.29) is 22.3 Å². The van der Waals surface area contributed by atoms with Crippen LogP contribution in [0.3, 0.4) is 0 Å². The molecule has 1 unspecified atom stereocenters. The van der Waals surface area contributed by atoms with Gasteiger partial charge in [0.05, 0.1) is 0 Å². The number of imide groups is 1. The molecule has 1 fully saturated rings. The van der Waals surface area contributed by atoms with Crippen molar-refractivity contribution in [3.8, 4) is 11.5 Å². The second kappa shape index (κ2) is 8.86. The van der Waals surface area contributed by atoms with Crippen molar-refractivity contribution in [2.75, 3.05) is 0 Å². The van der Waals surface area contributed by atoms with E-state index in [0.717, 1.165) is 47.0 Å². The Balaban J connectivity index is 1.36. The van der Waals surface area contributed by atoms with Crippen LogP contribution in [-0.4, -0.2) is 28.1 Å². The van der Waals surface area contributed by atoms with Crippen molar-refractivity contribution in [1.82, 2.24) is 10.6 Å². The number of hydrogen-bond donors (Lipinski definition) is 2. The van der Waals surface area contributed by atoms with Crippen LogP contribution in [0, 0.1) is 0 Å². The standard InChI is InChI=1S/C24H26N2O5S/c1-24(2,3)31-22(28)25-13-14-4-7-16(8-5-14)30-17-9-11-18-15(12-17)6-10-19(18)20-21(27)26-23(29)32-20/h4-5,7-9,11-12,19-20H,6,10,13H2,1-3H3,(H,25,28)(H,26,27,29)/t19-,20?/m1/s1. The number of rotatable bonds is 5. The van der Waals surface area contributed by atoms with Crippen LogP contribution in [-0.2, 0) is 22.5 Å². The first-order valence-electron chi connectivity index (χ1n) is 10.6. The van der Waals surface area contributed by atoms with Gasteiger partial charge in [0, 0.05) is 12.5 Å². The first-order chi connectivity index (χ1) is 15.2. The number of thioether (sulfide) groups is 1. The molecule has 4 rings (SSSR count). The molecule has 1 heterocycles. The van der Waals surface area contributed by atoms with E-state index in [2.05, 4.69) is 10.6 Å².